The smallest absolute Gasteiger partial charge is 0.222 e. The first-order valence-corrected chi connectivity index (χ1v) is 5.73. The fourth-order valence-electron chi connectivity index (χ4n) is 1.91. The summed E-state index contributed by atoms with van der Waals surface area (Å²) < 4.78 is 0. The molecule has 0 aliphatic carbocycles. The van der Waals surface area contributed by atoms with Crippen LogP contribution >= 0.6 is 0 Å². The fraction of sp³-hybridized carbons (Fsp3) is 0.909. The Bertz CT molecular complexity index is 182. The highest BCUT2D eigenvalue weighted by Gasteiger charge is 2.20. The molecule has 0 radical (unpaired) electrons. The average Bonchev–Trinajstić information content (AvgIpc) is 2.38. The predicted molar refractivity (Wildman–Crippen MR) is 58.2 cm³/mol. The van der Waals surface area contributed by atoms with Gasteiger partial charge in [0, 0.05) is 25.6 Å². The van der Waals surface area contributed by atoms with E-state index >= 15 is 0 Å². The summed E-state index contributed by atoms with van der Waals surface area (Å²) in [7, 11) is 1.98. The molecule has 1 amide bonds. The van der Waals surface area contributed by atoms with Crippen molar-refractivity contribution in [1.82, 2.24) is 10.2 Å². The maximum Gasteiger partial charge on any atom is 0.222 e. The van der Waals surface area contributed by atoms with Gasteiger partial charge in [-0.3, -0.25) is 4.79 Å². The van der Waals surface area contributed by atoms with Crippen LogP contribution in [0.25, 0.3) is 0 Å². The number of hydrogen-bond acceptors (Lipinski definition) is 2. The fourth-order valence-corrected chi connectivity index (χ4v) is 1.91. The highest BCUT2D eigenvalue weighted by atomic mass is 16.2. The van der Waals surface area contributed by atoms with E-state index in [2.05, 4.69) is 12.2 Å². The Kier molecular flexibility index (Phi) is 4.94. The number of hydrogen-bond donors (Lipinski definition) is 1. The Hall–Kier alpha value is -0.570. The van der Waals surface area contributed by atoms with Gasteiger partial charge in [0.05, 0.1) is 0 Å². The maximum atomic E-state index is 11.7. The molecule has 3 heteroatoms. The van der Waals surface area contributed by atoms with Crippen molar-refractivity contribution in [2.45, 2.75) is 45.1 Å². The third-order valence-electron chi connectivity index (χ3n) is 3.00. The molecular formula is C11H22N2O. The second kappa shape index (κ2) is 6.02. The lowest BCUT2D eigenvalue weighted by Gasteiger charge is -2.20. The van der Waals surface area contributed by atoms with Crippen LogP contribution in [0.5, 0.6) is 0 Å². The average molecular weight is 198 g/mol. The molecule has 1 fully saturated rings. The number of unbranched alkanes of at least 4 members (excludes halogenated alkanes) is 1. The number of carbonyl (C=O) groups is 1. The molecule has 0 bridgehead atoms. The van der Waals surface area contributed by atoms with Crippen molar-refractivity contribution in [3.8, 4) is 0 Å². The van der Waals surface area contributed by atoms with E-state index in [4.69, 9.17) is 0 Å². The Morgan fingerprint density at radius 1 is 1.50 bits per heavy atom. The van der Waals surface area contributed by atoms with Gasteiger partial charge in [-0.2, -0.15) is 0 Å². The molecule has 1 aliphatic rings. The summed E-state index contributed by atoms with van der Waals surface area (Å²) in [6.07, 6.45) is 5.12. The summed E-state index contributed by atoms with van der Waals surface area (Å²) in [5.41, 5.74) is 0. The minimum atomic E-state index is 0.344. The Morgan fingerprint density at radius 3 is 2.93 bits per heavy atom. The molecule has 1 unspecified atom stereocenters. The maximum absolute atomic E-state index is 11.7. The Morgan fingerprint density at radius 2 is 2.29 bits per heavy atom. The molecule has 0 aromatic rings. The van der Waals surface area contributed by atoms with Gasteiger partial charge in [0.1, 0.15) is 0 Å². The summed E-state index contributed by atoms with van der Waals surface area (Å²) in [4.78, 5) is 13.7. The second-order valence-electron chi connectivity index (χ2n) is 4.05. The van der Waals surface area contributed by atoms with Gasteiger partial charge in [-0.25, -0.2) is 0 Å². The first kappa shape index (κ1) is 11.5. The van der Waals surface area contributed by atoms with Crippen molar-refractivity contribution >= 4 is 5.91 Å². The number of nitrogens with one attached hydrogen (secondary N) is 1. The number of rotatable bonds is 4. The van der Waals surface area contributed by atoms with Gasteiger partial charge in [0.2, 0.25) is 5.91 Å². The van der Waals surface area contributed by atoms with Crippen molar-refractivity contribution in [3.05, 3.63) is 0 Å². The molecule has 0 saturated carbocycles. The van der Waals surface area contributed by atoms with Gasteiger partial charge >= 0.3 is 0 Å². The van der Waals surface area contributed by atoms with Crippen LogP contribution in [-0.4, -0.2) is 37.0 Å². The van der Waals surface area contributed by atoms with Gasteiger partial charge in [0.15, 0.2) is 0 Å². The lowest BCUT2D eigenvalue weighted by atomic mass is 10.1. The van der Waals surface area contributed by atoms with Gasteiger partial charge in [-0.1, -0.05) is 13.3 Å². The molecule has 0 aromatic heterocycles. The lowest BCUT2D eigenvalue weighted by molar-refractivity contribution is -0.130. The van der Waals surface area contributed by atoms with E-state index in [1.54, 1.807) is 0 Å². The summed E-state index contributed by atoms with van der Waals surface area (Å²) >= 11 is 0. The van der Waals surface area contributed by atoms with Crippen LogP contribution in [0, 0.1) is 0 Å². The monoisotopic (exact) mass is 198 g/mol. The van der Waals surface area contributed by atoms with Crippen LogP contribution < -0.4 is 5.32 Å². The van der Waals surface area contributed by atoms with Crippen LogP contribution in [0.3, 0.4) is 0 Å². The number of likely N-dealkylation sites (tertiary alicyclic amines) is 1. The van der Waals surface area contributed by atoms with Gasteiger partial charge in [-0.05, 0) is 26.3 Å². The normalized spacial score (nSPS) is 23.7. The largest absolute Gasteiger partial charge is 0.343 e. The molecule has 1 rings (SSSR count). The minimum Gasteiger partial charge on any atom is -0.343 e. The molecule has 1 N–H and O–H groups in total. The van der Waals surface area contributed by atoms with Gasteiger partial charge < -0.3 is 10.2 Å². The van der Waals surface area contributed by atoms with Crippen molar-refractivity contribution in [1.29, 1.82) is 0 Å². The number of amides is 1. The van der Waals surface area contributed by atoms with Crippen LogP contribution in [0.2, 0.25) is 0 Å². The van der Waals surface area contributed by atoms with Crippen LogP contribution in [0.1, 0.15) is 39.0 Å². The highest BCUT2D eigenvalue weighted by Crippen LogP contribution is 2.12. The van der Waals surface area contributed by atoms with E-state index in [9.17, 15) is 4.79 Å². The van der Waals surface area contributed by atoms with Gasteiger partial charge in [0.25, 0.3) is 0 Å². The van der Waals surface area contributed by atoms with Crippen molar-refractivity contribution in [3.63, 3.8) is 0 Å². The number of carbonyl (C=O) groups excluding carboxylic acids is 1. The molecule has 0 spiro atoms. The first-order valence-electron chi connectivity index (χ1n) is 5.73. The Balaban J connectivity index is 2.39. The van der Waals surface area contributed by atoms with E-state index in [1.807, 2.05) is 11.9 Å². The summed E-state index contributed by atoms with van der Waals surface area (Å²) in [6.45, 7) is 4.05. The molecule has 82 valence electrons. The summed E-state index contributed by atoms with van der Waals surface area (Å²) in [6, 6.07) is 0.533. The molecule has 1 aliphatic heterocycles. The Labute approximate surface area is 86.9 Å². The molecule has 1 saturated heterocycles. The predicted octanol–water partition coefficient (Wildman–Crippen LogP) is 1.39. The van der Waals surface area contributed by atoms with Gasteiger partial charge in [-0.15, -0.1) is 0 Å². The zero-order chi connectivity index (χ0) is 10.4. The third kappa shape index (κ3) is 3.29. The topological polar surface area (TPSA) is 32.3 Å². The zero-order valence-electron chi connectivity index (χ0n) is 9.38. The van der Waals surface area contributed by atoms with E-state index < -0.39 is 0 Å². The molecule has 3 nitrogen and oxygen atoms in total. The molecular weight excluding hydrogens is 176 g/mol. The summed E-state index contributed by atoms with van der Waals surface area (Å²) in [5.74, 6) is 0.344. The lowest BCUT2D eigenvalue weighted by Crippen LogP contribution is -2.32. The standard InChI is InChI=1S/C11H22N2O/c1-3-4-8-13-9-7-10(12-2)5-6-11(13)14/h10,12H,3-9H2,1-2H3. The minimum absolute atomic E-state index is 0.344. The molecule has 1 heterocycles. The second-order valence-corrected chi connectivity index (χ2v) is 4.05. The SMILES string of the molecule is CCCCN1CCC(NC)CCC1=O. The van der Waals surface area contributed by atoms with E-state index in [1.165, 1.54) is 6.42 Å². The van der Waals surface area contributed by atoms with E-state index in [0.717, 1.165) is 38.8 Å². The molecule has 1 atom stereocenters. The van der Waals surface area contributed by atoms with Crippen LogP contribution in [0.4, 0.5) is 0 Å². The zero-order valence-corrected chi connectivity index (χ0v) is 9.38. The van der Waals surface area contributed by atoms with E-state index in [-0.39, 0.29) is 0 Å². The molecule has 0 aromatic carbocycles. The quantitative estimate of drug-likeness (QED) is 0.740. The van der Waals surface area contributed by atoms with Crippen molar-refractivity contribution in [2.75, 3.05) is 20.1 Å². The highest BCUT2D eigenvalue weighted by molar-refractivity contribution is 5.76. The van der Waals surface area contributed by atoms with Crippen molar-refractivity contribution in [2.24, 2.45) is 0 Å². The summed E-state index contributed by atoms with van der Waals surface area (Å²) in [5, 5.41) is 3.26. The van der Waals surface area contributed by atoms with Crippen LogP contribution in [-0.2, 0) is 4.79 Å². The molecule has 14 heavy (non-hydrogen) atoms. The number of nitrogens with zero attached hydrogens (tertiary/aromatic N) is 1. The van der Waals surface area contributed by atoms with Crippen LogP contribution in [0.15, 0.2) is 0 Å². The third-order valence-corrected chi connectivity index (χ3v) is 3.00. The van der Waals surface area contributed by atoms with E-state index in [0.29, 0.717) is 11.9 Å². The first-order chi connectivity index (χ1) is 6.77. The van der Waals surface area contributed by atoms with Crippen molar-refractivity contribution < 1.29 is 4.79 Å².